The molecule has 2 N–H and O–H groups in total. The molecule has 4 nitrogen and oxygen atoms in total. The van der Waals surface area contributed by atoms with Gasteiger partial charge in [-0.2, -0.15) is 5.26 Å². The van der Waals surface area contributed by atoms with Crippen LogP contribution in [-0.2, 0) is 0 Å². The summed E-state index contributed by atoms with van der Waals surface area (Å²) in [7, 11) is 0. The lowest BCUT2D eigenvalue weighted by Crippen LogP contribution is -2.01. The van der Waals surface area contributed by atoms with Gasteiger partial charge in [0, 0.05) is 58.7 Å². The fourth-order valence-corrected chi connectivity index (χ4v) is 8.90. The van der Waals surface area contributed by atoms with Crippen LogP contribution in [0.15, 0.2) is 146 Å². The number of fused-ring (bicyclic) bond motifs is 10. The number of benzene rings is 7. The van der Waals surface area contributed by atoms with Crippen LogP contribution < -0.4 is 5.73 Å². The molecule has 0 amide bonds. The van der Waals surface area contributed by atoms with Crippen LogP contribution in [0.25, 0.3) is 86.3 Å². The molecule has 0 saturated carbocycles. The number of nitrogen functional groups attached to an aromatic ring is 1. The number of nitrogens with two attached hydrogens (primary N) is 1. The summed E-state index contributed by atoms with van der Waals surface area (Å²) in [6.45, 7) is 0. The lowest BCUT2D eigenvalue weighted by molar-refractivity contribution is 1.17. The minimum atomic E-state index is 0.614. The molecular weight excluding hydrogens is 605 g/mol. The van der Waals surface area contributed by atoms with Crippen molar-refractivity contribution in [3.05, 3.63) is 151 Å². The summed E-state index contributed by atoms with van der Waals surface area (Å²) < 4.78 is 7.21. The third-order valence-corrected chi connectivity index (χ3v) is 10.9. The second-order valence-corrected chi connectivity index (χ2v) is 13.3. The Balaban J connectivity index is 1.32. The molecule has 0 saturated heterocycles. The SMILES string of the molecule is N#Cc1cccc(-c2ccc3c4c5sc6ccccc6c5ccc4n(-c4ccccc4)c3c2)c1-n1c2ccccc2c2cc(N)ccc21. The Morgan fingerprint density at radius 2 is 1.29 bits per heavy atom. The minimum Gasteiger partial charge on any atom is -0.399 e. The van der Waals surface area contributed by atoms with Gasteiger partial charge in [-0.15, -0.1) is 11.3 Å². The highest BCUT2D eigenvalue weighted by Gasteiger charge is 2.22. The maximum absolute atomic E-state index is 10.5. The van der Waals surface area contributed by atoms with Crippen molar-refractivity contribution in [2.75, 3.05) is 5.73 Å². The molecule has 0 spiro atoms. The Bertz CT molecular complexity index is 2970. The summed E-state index contributed by atoms with van der Waals surface area (Å²) >= 11 is 1.86. The van der Waals surface area contributed by atoms with E-state index in [1.54, 1.807) is 0 Å². The highest BCUT2D eigenvalue weighted by Crippen LogP contribution is 2.45. The number of aromatic nitrogens is 2. The van der Waals surface area contributed by atoms with Crippen LogP contribution in [0.5, 0.6) is 0 Å². The molecule has 0 radical (unpaired) electrons. The van der Waals surface area contributed by atoms with Gasteiger partial charge >= 0.3 is 0 Å². The van der Waals surface area contributed by atoms with Crippen LogP contribution >= 0.6 is 11.3 Å². The highest BCUT2D eigenvalue weighted by atomic mass is 32.1. The summed E-state index contributed by atoms with van der Waals surface area (Å²) in [5, 5.41) is 17.7. The topological polar surface area (TPSA) is 59.7 Å². The van der Waals surface area contributed by atoms with Crippen molar-refractivity contribution in [2.45, 2.75) is 0 Å². The monoisotopic (exact) mass is 630 g/mol. The maximum atomic E-state index is 10.5. The Labute approximate surface area is 279 Å². The van der Waals surface area contributed by atoms with Gasteiger partial charge in [0.05, 0.1) is 33.3 Å². The predicted octanol–water partition coefficient (Wildman–Crippen LogP) is 11.4. The molecule has 224 valence electrons. The number of hydrogen-bond acceptors (Lipinski definition) is 3. The molecule has 48 heavy (non-hydrogen) atoms. The van der Waals surface area contributed by atoms with Gasteiger partial charge in [-0.05, 0) is 66.2 Å². The molecule has 10 aromatic rings. The number of rotatable bonds is 3. The largest absolute Gasteiger partial charge is 0.399 e. The van der Waals surface area contributed by atoms with E-state index in [-0.39, 0.29) is 0 Å². The van der Waals surface area contributed by atoms with Gasteiger partial charge in [0.1, 0.15) is 6.07 Å². The molecule has 3 aromatic heterocycles. The minimum absolute atomic E-state index is 0.614. The van der Waals surface area contributed by atoms with Crippen molar-refractivity contribution >= 4 is 80.8 Å². The fraction of sp³-hybridized carbons (Fsp3) is 0. The molecule has 0 bridgehead atoms. The molecular formula is C43H26N4S. The van der Waals surface area contributed by atoms with Gasteiger partial charge < -0.3 is 14.9 Å². The van der Waals surface area contributed by atoms with Crippen LogP contribution in [0.2, 0.25) is 0 Å². The molecule has 7 aromatic carbocycles. The van der Waals surface area contributed by atoms with Crippen molar-refractivity contribution in [3.8, 4) is 28.6 Å². The van der Waals surface area contributed by atoms with E-state index in [1.807, 2.05) is 35.6 Å². The molecule has 0 fully saturated rings. The summed E-state index contributed by atoms with van der Waals surface area (Å²) in [4.78, 5) is 0. The van der Waals surface area contributed by atoms with Crippen LogP contribution in [0, 0.1) is 11.3 Å². The summed E-state index contributed by atoms with van der Waals surface area (Å²) in [5.74, 6) is 0. The zero-order valence-corrected chi connectivity index (χ0v) is 26.5. The van der Waals surface area contributed by atoms with Crippen LogP contribution in [-0.4, -0.2) is 9.13 Å². The van der Waals surface area contributed by atoms with E-state index in [4.69, 9.17) is 5.73 Å². The summed E-state index contributed by atoms with van der Waals surface area (Å²) in [6.07, 6.45) is 0. The van der Waals surface area contributed by atoms with Crippen molar-refractivity contribution < 1.29 is 0 Å². The van der Waals surface area contributed by atoms with E-state index in [0.717, 1.165) is 49.8 Å². The Morgan fingerprint density at radius 1 is 0.542 bits per heavy atom. The van der Waals surface area contributed by atoms with Crippen molar-refractivity contribution in [2.24, 2.45) is 0 Å². The second kappa shape index (κ2) is 10.1. The number of thiophene rings is 1. The zero-order chi connectivity index (χ0) is 31.9. The van der Waals surface area contributed by atoms with E-state index in [2.05, 4.69) is 137 Å². The average molecular weight is 631 g/mol. The van der Waals surface area contributed by atoms with E-state index in [9.17, 15) is 5.26 Å². The first kappa shape index (κ1) is 26.8. The first-order valence-electron chi connectivity index (χ1n) is 16.0. The predicted molar refractivity (Wildman–Crippen MR) is 203 cm³/mol. The number of para-hydroxylation sites is 3. The van der Waals surface area contributed by atoms with Crippen molar-refractivity contribution in [3.63, 3.8) is 0 Å². The highest BCUT2D eigenvalue weighted by molar-refractivity contribution is 7.26. The number of nitrogens with zero attached hydrogens (tertiary/aromatic N) is 3. The smallest absolute Gasteiger partial charge is 0.101 e. The first-order valence-corrected chi connectivity index (χ1v) is 16.8. The molecule has 3 heterocycles. The van der Waals surface area contributed by atoms with Crippen molar-refractivity contribution in [1.82, 2.24) is 9.13 Å². The Morgan fingerprint density at radius 3 is 2.17 bits per heavy atom. The molecule has 0 unspecified atom stereocenters. The number of hydrogen-bond donors (Lipinski definition) is 1. The third-order valence-electron chi connectivity index (χ3n) is 9.68. The molecule has 5 heteroatoms. The lowest BCUT2D eigenvalue weighted by atomic mass is 9.98. The van der Waals surface area contributed by atoms with Gasteiger partial charge in [0.25, 0.3) is 0 Å². The van der Waals surface area contributed by atoms with E-state index < -0.39 is 0 Å². The summed E-state index contributed by atoms with van der Waals surface area (Å²) in [5.41, 5.74) is 16.0. The number of nitriles is 1. The molecule has 0 aliphatic rings. The molecule has 0 aliphatic heterocycles. The quantitative estimate of drug-likeness (QED) is 0.197. The normalized spacial score (nSPS) is 11.8. The van der Waals surface area contributed by atoms with E-state index in [1.165, 1.54) is 36.5 Å². The number of anilines is 1. The van der Waals surface area contributed by atoms with Gasteiger partial charge in [-0.1, -0.05) is 84.9 Å². The zero-order valence-electron chi connectivity index (χ0n) is 25.7. The van der Waals surface area contributed by atoms with Crippen molar-refractivity contribution in [1.29, 1.82) is 5.26 Å². The van der Waals surface area contributed by atoms with E-state index in [0.29, 0.717) is 11.3 Å². The van der Waals surface area contributed by atoms with Gasteiger partial charge in [0.2, 0.25) is 0 Å². The second-order valence-electron chi connectivity index (χ2n) is 12.3. The molecule has 0 atom stereocenters. The van der Waals surface area contributed by atoms with Crippen LogP contribution in [0.4, 0.5) is 5.69 Å². The lowest BCUT2D eigenvalue weighted by Gasteiger charge is -2.16. The molecule has 10 rings (SSSR count). The van der Waals surface area contributed by atoms with Crippen LogP contribution in [0.3, 0.4) is 0 Å². The molecule has 0 aliphatic carbocycles. The van der Waals surface area contributed by atoms with Gasteiger partial charge in [-0.25, -0.2) is 0 Å². The van der Waals surface area contributed by atoms with Crippen LogP contribution in [0.1, 0.15) is 5.56 Å². The van der Waals surface area contributed by atoms with Gasteiger partial charge in [0.15, 0.2) is 0 Å². The Hall–Kier alpha value is -6.35. The summed E-state index contributed by atoms with van der Waals surface area (Å²) in [6, 6.07) is 53.5. The van der Waals surface area contributed by atoms with E-state index >= 15 is 0 Å². The van der Waals surface area contributed by atoms with Gasteiger partial charge in [-0.3, -0.25) is 0 Å². The fourth-order valence-electron chi connectivity index (χ4n) is 7.64. The standard InChI is InChI=1S/C43H26N4S/c44-25-27-9-8-14-30(42(27)47-36-15-6-4-12-31(36)35-24-28(45)18-21-37(35)47)26-17-19-34-39(23-26)46(29-10-2-1-3-11-29)38-22-20-33-32-13-5-7-16-40(32)48-43(33)41(34)38/h1-24H,45H2. The maximum Gasteiger partial charge on any atom is 0.101 e. The Kier molecular flexibility index (Phi) is 5.63. The first-order chi connectivity index (χ1) is 23.7. The average Bonchev–Trinajstić information content (AvgIpc) is 3.78. The third kappa shape index (κ3) is 3.69.